The Balaban J connectivity index is 2.59. The van der Waals surface area contributed by atoms with Crippen molar-refractivity contribution in [2.24, 2.45) is 5.92 Å². The summed E-state index contributed by atoms with van der Waals surface area (Å²) in [6.45, 7) is 15.6. The molecule has 0 aliphatic rings. The molecule has 4 heteroatoms. The molecule has 1 N–H and O–H groups in total. The molecular formula is C27H39NO3. The number of benzene rings is 2. The fraction of sp³-hybridized carbons (Fsp3) is 0.519. The first-order valence-corrected chi connectivity index (χ1v) is 11.4. The van der Waals surface area contributed by atoms with Crippen LogP contribution in [-0.4, -0.2) is 34.6 Å². The van der Waals surface area contributed by atoms with Gasteiger partial charge in [0.25, 0.3) is 0 Å². The smallest absolute Gasteiger partial charge is 0.313 e. The highest BCUT2D eigenvalue weighted by Crippen LogP contribution is 2.41. The molecule has 0 radical (unpaired) electrons. The van der Waals surface area contributed by atoms with Crippen molar-refractivity contribution in [1.82, 2.24) is 4.90 Å². The summed E-state index contributed by atoms with van der Waals surface area (Å²) in [5, 5.41) is 9.81. The van der Waals surface area contributed by atoms with Gasteiger partial charge in [0.1, 0.15) is 5.75 Å². The van der Waals surface area contributed by atoms with Crippen LogP contribution in [0.25, 0.3) is 0 Å². The molecule has 1 atom stereocenters. The van der Waals surface area contributed by atoms with Crippen LogP contribution in [0.4, 0.5) is 0 Å². The first-order chi connectivity index (χ1) is 14.6. The summed E-state index contributed by atoms with van der Waals surface area (Å²) in [5.74, 6) is 0.105. The van der Waals surface area contributed by atoms with Crippen molar-refractivity contribution in [1.29, 1.82) is 0 Å². The number of aliphatic hydroxyl groups is 1. The lowest BCUT2D eigenvalue weighted by atomic mass is 9.72. The second-order valence-electron chi connectivity index (χ2n) is 9.44. The minimum Gasteiger partial charge on any atom is -0.426 e. The highest BCUT2D eigenvalue weighted by atomic mass is 16.5. The van der Waals surface area contributed by atoms with Crippen LogP contribution < -0.4 is 4.74 Å². The van der Waals surface area contributed by atoms with Crippen molar-refractivity contribution in [2.45, 2.75) is 79.0 Å². The lowest BCUT2D eigenvalue weighted by Gasteiger charge is -2.37. The Morgan fingerprint density at radius 3 is 2.13 bits per heavy atom. The molecule has 0 amide bonds. The molecule has 0 spiro atoms. The molecule has 170 valence electrons. The van der Waals surface area contributed by atoms with Gasteiger partial charge in [0, 0.05) is 23.1 Å². The van der Waals surface area contributed by atoms with Crippen LogP contribution in [0, 0.1) is 5.92 Å². The van der Waals surface area contributed by atoms with Crippen molar-refractivity contribution in [3.63, 3.8) is 0 Å². The molecule has 4 nitrogen and oxygen atoms in total. The first kappa shape index (κ1) is 25.1. The third-order valence-corrected chi connectivity index (χ3v) is 6.11. The Morgan fingerprint density at radius 1 is 1.00 bits per heavy atom. The lowest BCUT2D eigenvalue weighted by molar-refractivity contribution is -0.137. The van der Waals surface area contributed by atoms with E-state index in [-0.39, 0.29) is 23.9 Å². The summed E-state index contributed by atoms with van der Waals surface area (Å²) >= 11 is 0. The highest BCUT2D eigenvalue weighted by Gasteiger charge is 2.34. The maximum atomic E-state index is 12.4. The average molecular weight is 426 g/mol. The Hall–Kier alpha value is -2.17. The zero-order valence-corrected chi connectivity index (χ0v) is 20.2. The largest absolute Gasteiger partial charge is 0.426 e. The van der Waals surface area contributed by atoms with E-state index in [9.17, 15) is 9.90 Å². The second-order valence-corrected chi connectivity index (χ2v) is 9.44. The number of carbonyl (C=O) groups is 1. The molecule has 2 aromatic carbocycles. The number of nitrogens with zero attached hydrogens (tertiary/aromatic N) is 1. The molecule has 0 fully saturated rings. The lowest BCUT2D eigenvalue weighted by Crippen LogP contribution is -2.40. The van der Waals surface area contributed by atoms with Gasteiger partial charge in [-0.3, -0.25) is 9.69 Å². The fourth-order valence-electron chi connectivity index (χ4n) is 4.13. The molecule has 0 aliphatic heterocycles. The van der Waals surface area contributed by atoms with E-state index in [2.05, 4.69) is 51.7 Å². The average Bonchev–Trinajstić information content (AvgIpc) is 2.73. The SMILES string of the molecule is CC(C)C(=O)Oc1ccc(CO)cc1[C@](C)(CCN(C(C)C)C(C)C)c1ccccc1. The van der Waals surface area contributed by atoms with Gasteiger partial charge in [-0.2, -0.15) is 0 Å². The number of rotatable bonds is 10. The number of ether oxygens (including phenoxy) is 1. The number of esters is 1. The molecule has 0 aliphatic carbocycles. The molecular weight excluding hydrogens is 386 g/mol. The van der Waals surface area contributed by atoms with Crippen molar-refractivity contribution < 1.29 is 14.6 Å². The Morgan fingerprint density at radius 2 is 1.61 bits per heavy atom. The first-order valence-electron chi connectivity index (χ1n) is 11.4. The number of aliphatic hydroxyl groups excluding tert-OH is 1. The molecule has 0 saturated heterocycles. The Kier molecular flexibility index (Phi) is 8.84. The number of hydrogen-bond acceptors (Lipinski definition) is 4. The topological polar surface area (TPSA) is 49.8 Å². The van der Waals surface area contributed by atoms with Gasteiger partial charge in [0.15, 0.2) is 0 Å². The summed E-state index contributed by atoms with van der Waals surface area (Å²) in [6, 6.07) is 16.9. The van der Waals surface area contributed by atoms with Gasteiger partial charge in [-0.05, 0) is 63.9 Å². The maximum absolute atomic E-state index is 12.4. The Bertz CT molecular complexity index is 837. The zero-order chi connectivity index (χ0) is 23.2. The minimum atomic E-state index is -0.388. The van der Waals surface area contributed by atoms with Crippen LogP contribution in [0.2, 0.25) is 0 Å². The van der Waals surface area contributed by atoms with Crippen LogP contribution in [0.15, 0.2) is 48.5 Å². The van der Waals surface area contributed by atoms with Gasteiger partial charge >= 0.3 is 5.97 Å². The zero-order valence-electron chi connectivity index (χ0n) is 20.2. The van der Waals surface area contributed by atoms with E-state index >= 15 is 0 Å². The van der Waals surface area contributed by atoms with Gasteiger partial charge < -0.3 is 9.84 Å². The quantitative estimate of drug-likeness (QED) is 0.400. The van der Waals surface area contributed by atoms with Crippen LogP contribution in [-0.2, 0) is 16.8 Å². The van der Waals surface area contributed by atoms with Gasteiger partial charge in [-0.1, -0.05) is 57.2 Å². The fourth-order valence-corrected chi connectivity index (χ4v) is 4.13. The van der Waals surface area contributed by atoms with Crippen LogP contribution in [0.3, 0.4) is 0 Å². The third kappa shape index (κ3) is 6.18. The summed E-state index contributed by atoms with van der Waals surface area (Å²) in [6.07, 6.45) is 0.856. The van der Waals surface area contributed by atoms with E-state index in [0.717, 1.165) is 24.1 Å². The number of hydrogen-bond donors (Lipinski definition) is 1. The summed E-state index contributed by atoms with van der Waals surface area (Å²) in [7, 11) is 0. The van der Waals surface area contributed by atoms with Gasteiger partial charge in [-0.15, -0.1) is 0 Å². The molecule has 0 aromatic heterocycles. The Labute approximate surface area is 188 Å². The monoisotopic (exact) mass is 425 g/mol. The van der Waals surface area contributed by atoms with Crippen molar-refractivity contribution in [3.05, 3.63) is 65.2 Å². The summed E-state index contributed by atoms with van der Waals surface area (Å²) in [5.41, 5.74) is 2.53. The third-order valence-electron chi connectivity index (χ3n) is 6.11. The normalized spacial score (nSPS) is 13.8. The van der Waals surface area contributed by atoms with E-state index in [4.69, 9.17) is 4.74 Å². The highest BCUT2D eigenvalue weighted by molar-refractivity contribution is 5.75. The molecule has 0 bridgehead atoms. The van der Waals surface area contributed by atoms with Crippen molar-refractivity contribution in [3.8, 4) is 5.75 Å². The second kappa shape index (κ2) is 10.9. The van der Waals surface area contributed by atoms with Crippen LogP contribution >= 0.6 is 0 Å². The van der Waals surface area contributed by atoms with Crippen LogP contribution in [0.1, 0.15) is 71.6 Å². The van der Waals surface area contributed by atoms with E-state index in [1.54, 1.807) is 0 Å². The molecule has 0 saturated carbocycles. The van der Waals surface area contributed by atoms with E-state index in [0.29, 0.717) is 17.8 Å². The van der Waals surface area contributed by atoms with Gasteiger partial charge in [-0.25, -0.2) is 0 Å². The maximum Gasteiger partial charge on any atom is 0.313 e. The van der Waals surface area contributed by atoms with Gasteiger partial charge in [0.2, 0.25) is 0 Å². The molecule has 31 heavy (non-hydrogen) atoms. The van der Waals surface area contributed by atoms with Gasteiger partial charge in [0.05, 0.1) is 12.5 Å². The standard InChI is InChI=1S/C27H39NO3/c1-19(2)26(30)31-25-14-13-22(18-29)17-24(25)27(7,23-11-9-8-10-12-23)15-16-28(20(3)4)21(5)6/h8-14,17,19-21,29H,15-16,18H2,1-7H3/t27-/m1/s1. The molecule has 0 unspecified atom stereocenters. The van der Waals surface area contributed by atoms with E-state index in [1.807, 2.05) is 50.2 Å². The predicted molar refractivity (Wildman–Crippen MR) is 127 cm³/mol. The van der Waals surface area contributed by atoms with E-state index < -0.39 is 0 Å². The summed E-state index contributed by atoms with van der Waals surface area (Å²) in [4.78, 5) is 14.9. The molecule has 2 aromatic rings. The number of carbonyl (C=O) groups excluding carboxylic acids is 1. The summed E-state index contributed by atoms with van der Waals surface area (Å²) < 4.78 is 5.84. The molecule has 0 heterocycles. The van der Waals surface area contributed by atoms with Crippen molar-refractivity contribution >= 4 is 5.97 Å². The van der Waals surface area contributed by atoms with Crippen molar-refractivity contribution in [2.75, 3.05) is 6.54 Å². The predicted octanol–water partition coefficient (Wildman–Crippen LogP) is 5.56. The van der Waals surface area contributed by atoms with E-state index in [1.165, 1.54) is 5.56 Å². The molecule has 2 rings (SSSR count). The van der Waals surface area contributed by atoms with Crippen LogP contribution in [0.5, 0.6) is 5.75 Å². The minimum absolute atomic E-state index is 0.0552.